The molecular weight excluding hydrogens is 161 g/mol. The number of carbonyl (C=O) groups is 1. The Hall–Kier alpha value is -0.640. The van der Waals surface area contributed by atoms with Crippen molar-refractivity contribution < 1.29 is 14.2 Å². The van der Waals surface area contributed by atoms with Crippen LogP contribution in [0.3, 0.4) is 0 Å². The predicted molar refractivity (Wildman–Crippen MR) is 46.9 cm³/mol. The molecule has 0 rings (SSSR count). The van der Waals surface area contributed by atoms with E-state index in [-0.39, 0.29) is 10.7 Å². The SMILES string of the molecule is CCN(CC)CCC(=O)OC.F. The van der Waals surface area contributed by atoms with Gasteiger partial charge in [-0.1, -0.05) is 13.8 Å². The van der Waals surface area contributed by atoms with Crippen molar-refractivity contribution in [3.8, 4) is 0 Å². The molecular formula is C8H18FNO2. The van der Waals surface area contributed by atoms with Gasteiger partial charge in [0.25, 0.3) is 0 Å². The van der Waals surface area contributed by atoms with Gasteiger partial charge in [0.1, 0.15) is 0 Å². The maximum absolute atomic E-state index is 10.7. The Bertz CT molecular complexity index is 116. The van der Waals surface area contributed by atoms with Crippen LogP contribution in [0.15, 0.2) is 0 Å². The Morgan fingerprint density at radius 3 is 2.17 bits per heavy atom. The molecule has 12 heavy (non-hydrogen) atoms. The number of esters is 1. The lowest BCUT2D eigenvalue weighted by atomic mass is 10.4. The number of hydrogen-bond acceptors (Lipinski definition) is 3. The van der Waals surface area contributed by atoms with Crippen molar-refractivity contribution in [3.05, 3.63) is 0 Å². The summed E-state index contributed by atoms with van der Waals surface area (Å²) in [7, 11) is 1.42. The molecule has 0 saturated heterocycles. The maximum atomic E-state index is 10.7. The number of methoxy groups -OCH3 is 1. The molecule has 0 amide bonds. The lowest BCUT2D eigenvalue weighted by molar-refractivity contribution is -0.140. The van der Waals surface area contributed by atoms with Crippen LogP contribution in [0.25, 0.3) is 0 Å². The lowest BCUT2D eigenvalue weighted by Gasteiger charge is -2.16. The maximum Gasteiger partial charge on any atom is 0.306 e. The summed E-state index contributed by atoms with van der Waals surface area (Å²) in [5, 5.41) is 0. The highest BCUT2D eigenvalue weighted by atomic mass is 19.0. The first kappa shape index (κ1) is 13.9. The minimum absolute atomic E-state index is 0. The summed E-state index contributed by atoms with van der Waals surface area (Å²) in [6.45, 7) is 6.96. The van der Waals surface area contributed by atoms with Crippen molar-refractivity contribution in [3.63, 3.8) is 0 Å². The van der Waals surface area contributed by atoms with Crippen molar-refractivity contribution in [2.45, 2.75) is 20.3 Å². The molecule has 0 spiro atoms. The van der Waals surface area contributed by atoms with Gasteiger partial charge in [0.05, 0.1) is 13.5 Å². The summed E-state index contributed by atoms with van der Waals surface area (Å²) in [6.07, 6.45) is 0.498. The van der Waals surface area contributed by atoms with E-state index in [2.05, 4.69) is 23.5 Å². The first-order valence-electron chi connectivity index (χ1n) is 4.03. The van der Waals surface area contributed by atoms with Gasteiger partial charge in [-0.05, 0) is 13.1 Å². The first-order valence-corrected chi connectivity index (χ1v) is 4.03. The predicted octanol–water partition coefficient (Wildman–Crippen LogP) is 1.04. The van der Waals surface area contributed by atoms with Crippen LogP contribution in [0.5, 0.6) is 0 Å². The Balaban J connectivity index is 0. The number of rotatable bonds is 5. The van der Waals surface area contributed by atoms with Crippen LogP contribution in [0.2, 0.25) is 0 Å². The van der Waals surface area contributed by atoms with Crippen LogP contribution in [0, 0.1) is 0 Å². The quantitative estimate of drug-likeness (QED) is 0.591. The molecule has 0 aliphatic heterocycles. The molecule has 4 heteroatoms. The zero-order valence-electron chi connectivity index (χ0n) is 8.00. The van der Waals surface area contributed by atoms with Crippen molar-refractivity contribution in [1.82, 2.24) is 4.90 Å². The van der Waals surface area contributed by atoms with Gasteiger partial charge in [0.15, 0.2) is 0 Å². The van der Waals surface area contributed by atoms with Crippen molar-refractivity contribution in [2.75, 3.05) is 26.7 Å². The Kier molecular flexibility index (Phi) is 9.81. The molecule has 0 fully saturated rings. The largest absolute Gasteiger partial charge is 0.469 e. The van der Waals surface area contributed by atoms with Gasteiger partial charge in [-0.2, -0.15) is 0 Å². The third-order valence-corrected chi connectivity index (χ3v) is 1.75. The molecule has 0 aromatic carbocycles. The normalized spacial score (nSPS) is 9.33. The highest BCUT2D eigenvalue weighted by Crippen LogP contribution is 1.91. The Labute approximate surface area is 73.1 Å². The minimum Gasteiger partial charge on any atom is -0.469 e. The van der Waals surface area contributed by atoms with Crippen molar-refractivity contribution in [1.29, 1.82) is 0 Å². The van der Waals surface area contributed by atoms with E-state index < -0.39 is 0 Å². The fourth-order valence-electron chi connectivity index (χ4n) is 0.891. The van der Waals surface area contributed by atoms with Gasteiger partial charge < -0.3 is 9.64 Å². The molecule has 3 nitrogen and oxygen atoms in total. The van der Waals surface area contributed by atoms with E-state index in [1.165, 1.54) is 7.11 Å². The van der Waals surface area contributed by atoms with Crippen LogP contribution >= 0.6 is 0 Å². The van der Waals surface area contributed by atoms with Crippen LogP contribution in [0.4, 0.5) is 4.70 Å². The topological polar surface area (TPSA) is 29.5 Å². The summed E-state index contributed by atoms with van der Waals surface area (Å²) in [6, 6.07) is 0. The first-order chi connectivity index (χ1) is 5.24. The van der Waals surface area contributed by atoms with Crippen molar-refractivity contribution >= 4 is 5.97 Å². The average molecular weight is 179 g/mol. The Morgan fingerprint density at radius 2 is 1.83 bits per heavy atom. The molecule has 0 bridgehead atoms. The molecule has 0 heterocycles. The van der Waals surface area contributed by atoms with Gasteiger partial charge in [-0.15, -0.1) is 0 Å². The van der Waals surface area contributed by atoms with Crippen LogP contribution in [0.1, 0.15) is 20.3 Å². The number of carbonyl (C=O) groups excluding carboxylic acids is 1. The lowest BCUT2D eigenvalue weighted by Crippen LogP contribution is -2.25. The zero-order chi connectivity index (χ0) is 8.69. The Morgan fingerprint density at radius 1 is 1.33 bits per heavy atom. The van der Waals surface area contributed by atoms with Gasteiger partial charge in [0.2, 0.25) is 0 Å². The van der Waals surface area contributed by atoms with E-state index in [0.29, 0.717) is 6.42 Å². The molecule has 0 aliphatic rings. The molecule has 74 valence electrons. The van der Waals surface area contributed by atoms with Crippen LogP contribution in [-0.2, 0) is 9.53 Å². The fourth-order valence-corrected chi connectivity index (χ4v) is 0.891. The van der Waals surface area contributed by atoms with E-state index in [9.17, 15) is 4.79 Å². The molecule has 0 radical (unpaired) electrons. The van der Waals surface area contributed by atoms with Gasteiger partial charge in [0, 0.05) is 6.54 Å². The zero-order valence-corrected chi connectivity index (χ0v) is 8.00. The highest BCUT2D eigenvalue weighted by Gasteiger charge is 2.03. The van der Waals surface area contributed by atoms with Crippen molar-refractivity contribution in [2.24, 2.45) is 0 Å². The number of nitrogens with zero attached hydrogens (tertiary/aromatic N) is 1. The standard InChI is InChI=1S/C8H17NO2.FH/c1-4-9(5-2)7-6-8(10)11-3;/h4-7H2,1-3H3;1H. The van der Waals surface area contributed by atoms with E-state index in [1.807, 2.05) is 0 Å². The average Bonchev–Trinajstić information content (AvgIpc) is 2.06. The van der Waals surface area contributed by atoms with Gasteiger partial charge >= 0.3 is 5.97 Å². The third-order valence-electron chi connectivity index (χ3n) is 1.75. The van der Waals surface area contributed by atoms with E-state index >= 15 is 0 Å². The third kappa shape index (κ3) is 6.09. The summed E-state index contributed by atoms with van der Waals surface area (Å²) >= 11 is 0. The second-order valence-electron chi connectivity index (χ2n) is 2.35. The smallest absolute Gasteiger partial charge is 0.306 e. The molecule has 0 aliphatic carbocycles. The number of hydrogen-bond donors (Lipinski definition) is 0. The molecule has 0 aromatic heterocycles. The number of ether oxygens (including phenoxy) is 1. The van der Waals surface area contributed by atoms with Gasteiger partial charge in [-0.25, -0.2) is 0 Å². The van der Waals surface area contributed by atoms with Crippen LogP contribution in [-0.4, -0.2) is 37.6 Å². The summed E-state index contributed by atoms with van der Waals surface area (Å²) in [5.41, 5.74) is 0. The second kappa shape index (κ2) is 8.46. The highest BCUT2D eigenvalue weighted by molar-refractivity contribution is 5.69. The summed E-state index contributed by atoms with van der Waals surface area (Å²) in [5.74, 6) is -0.128. The molecule has 0 unspecified atom stereocenters. The monoisotopic (exact) mass is 179 g/mol. The van der Waals surface area contributed by atoms with E-state index in [4.69, 9.17) is 0 Å². The number of halogens is 1. The van der Waals surface area contributed by atoms with Gasteiger partial charge in [-0.3, -0.25) is 9.50 Å². The molecule has 0 saturated carbocycles. The summed E-state index contributed by atoms with van der Waals surface area (Å²) < 4.78 is 4.52. The molecule has 0 atom stereocenters. The second-order valence-corrected chi connectivity index (χ2v) is 2.35. The minimum atomic E-state index is -0.128. The molecule has 0 aromatic rings. The van der Waals surface area contributed by atoms with E-state index in [1.54, 1.807) is 0 Å². The van der Waals surface area contributed by atoms with Crippen LogP contribution < -0.4 is 0 Å². The summed E-state index contributed by atoms with van der Waals surface area (Å²) in [4.78, 5) is 12.9. The van der Waals surface area contributed by atoms with E-state index in [0.717, 1.165) is 19.6 Å². The fraction of sp³-hybridized carbons (Fsp3) is 0.875. The molecule has 0 N–H and O–H groups in total.